The number of carbonyl (C=O) groups excluding carboxylic acids is 1. The van der Waals surface area contributed by atoms with Crippen LogP contribution in [0.1, 0.15) is 11.1 Å². The maximum Gasteiger partial charge on any atom is 0.225 e. The first kappa shape index (κ1) is 14.8. The molecule has 0 fully saturated rings. The molecule has 1 nitrogen and oxygen atoms in total. The molecule has 0 heterocycles. The lowest BCUT2D eigenvalue weighted by Crippen LogP contribution is -2.15. The van der Waals surface area contributed by atoms with Gasteiger partial charge < -0.3 is 0 Å². The fourth-order valence-electron chi connectivity index (χ4n) is 2.87. The molecule has 0 saturated heterocycles. The first-order valence-corrected chi connectivity index (χ1v) is 7.82. The molecule has 1 atom stereocenters. The first-order valence-electron chi connectivity index (χ1n) is 7.44. The average Bonchev–Trinajstić information content (AvgIpc) is 2.55. The molecule has 0 aliphatic rings. The average molecular weight is 309 g/mol. The van der Waals surface area contributed by atoms with Gasteiger partial charge in [-0.3, -0.25) is 4.79 Å². The maximum absolute atomic E-state index is 11.9. The third kappa shape index (κ3) is 3.37. The van der Waals surface area contributed by atoms with E-state index in [1.54, 1.807) is 0 Å². The number of halogens is 1. The van der Waals surface area contributed by atoms with Gasteiger partial charge in [0, 0.05) is 5.92 Å². The molecule has 0 aliphatic carbocycles. The monoisotopic (exact) mass is 308 g/mol. The quantitative estimate of drug-likeness (QED) is 0.606. The molecule has 3 aromatic rings. The number of fused-ring (bicyclic) bond motifs is 1. The second-order valence-electron chi connectivity index (χ2n) is 5.53. The van der Waals surface area contributed by atoms with Crippen LogP contribution in [0.25, 0.3) is 10.8 Å². The Kier molecular flexibility index (Phi) is 4.55. The molecular formula is C20H17ClO. The molecule has 0 spiro atoms. The highest BCUT2D eigenvalue weighted by Gasteiger charge is 2.18. The maximum atomic E-state index is 11.9. The van der Waals surface area contributed by atoms with Gasteiger partial charge in [0.25, 0.3) is 0 Å². The van der Waals surface area contributed by atoms with E-state index >= 15 is 0 Å². The van der Waals surface area contributed by atoms with Crippen LogP contribution in [0, 0.1) is 5.92 Å². The summed E-state index contributed by atoms with van der Waals surface area (Å²) < 4.78 is 0. The highest BCUT2D eigenvalue weighted by Crippen LogP contribution is 2.24. The van der Waals surface area contributed by atoms with Crippen LogP contribution >= 0.6 is 11.6 Å². The van der Waals surface area contributed by atoms with E-state index < -0.39 is 0 Å². The minimum Gasteiger partial charge on any atom is -0.281 e. The van der Waals surface area contributed by atoms with Gasteiger partial charge in [-0.05, 0) is 46.3 Å². The third-order valence-corrected chi connectivity index (χ3v) is 4.30. The van der Waals surface area contributed by atoms with E-state index in [4.69, 9.17) is 11.6 Å². The summed E-state index contributed by atoms with van der Waals surface area (Å²) in [6.45, 7) is 0. The minimum absolute atomic E-state index is 0.199. The zero-order valence-corrected chi connectivity index (χ0v) is 13.0. The Hall–Kier alpha value is -2.12. The molecule has 0 amide bonds. The molecule has 0 aromatic heterocycles. The fourth-order valence-corrected chi connectivity index (χ4v) is 3.02. The van der Waals surface area contributed by atoms with Gasteiger partial charge in [0.15, 0.2) is 0 Å². The van der Waals surface area contributed by atoms with Crippen molar-refractivity contribution in [1.82, 2.24) is 0 Å². The van der Waals surface area contributed by atoms with Crippen LogP contribution in [0.15, 0.2) is 72.8 Å². The molecule has 0 aliphatic heterocycles. The van der Waals surface area contributed by atoms with E-state index in [1.807, 2.05) is 48.5 Å². The predicted molar refractivity (Wildman–Crippen MR) is 92.1 cm³/mol. The topological polar surface area (TPSA) is 17.1 Å². The van der Waals surface area contributed by atoms with Crippen LogP contribution in [0.2, 0.25) is 0 Å². The largest absolute Gasteiger partial charge is 0.281 e. The van der Waals surface area contributed by atoms with Crippen LogP contribution in [0.3, 0.4) is 0 Å². The molecule has 0 saturated carbocycles. The number of carbonyl (C=O) groups is 1. The van der Waals surface area contributed by atoms with Gasteiger partial charge in [-0.2, -0.15) is 0 Å². The van der Waals surface area contributed by atoms with Gasteiger partial charge in [-0.15, -0.1) is 0 Å². The first-order chi connectivity index (χ1) is 10.7. The standard InChI is InChI=1S/C20H17ClO/c21-20(22)18(13-15-7-2-1-3-8-15)14-17-11-6-10-16-9-4-5-12-19(16)17/h1-12,18H,13-14H2. The summed E-state index contributed by atoms with van der Waals surface area (Å²) in [5, 5.41) is 2.12. The summed E-state index contributed by atoms with van der Waals surface area (Å²) in [6, 6.07) is 24.5. The Morgan fingerprint density at radius 1 is 0.818 bits per heavy atom. The Morgan fingerprint density at radius 2 is 1.50 bits per heavy atom. The molecule has 0 radical (unpaired) electrons. The molecule has 0 bridgehead atoms. The normalized spacial score (nSPS) is 12.2. The van der Waals surface area contributed by atoms with E-state index in [1.165, 1.54) is 16.3 Å². The van der Waals surface area contributed by atoms with Gasteiger partial charge in [0.05, 0.1) is 0 Å². The SMILES string of the molecule is O=C(Cl)C(Cc1ccccc1)Cc1cccc2ccccc12. The Labute approximate surface area is 135 Å². The summed E-state index contributed by atoms with van der Waals surface area (Å²) in [7, 11) is 0. The predicted octanol–water partition coefficient (Wildman–Crippen LogP) is 5.01. The van der Waals surface area contributed by atoms with E-state index in [9.17, 15) is 4.79 Å². The van der Waals surface area contributed by atoms with Crippen molar-refractivity contribution in [3.8, 4) is 0 Å². The van der Waals surface area contributed by atoms with Crippen molar-refractivity contribution in [3.05, 3.63) is 83.9 Å². The van der Waals surface area contributed by atoms with Crippen LogP contribution in [0.4, 0.5) is 0 Å². The van der Waals surface area contributed by atoms with Gasteiger partial charge in [0.2, 0.25) is 5.24 Å². The molecule has 1 unspecified atom stereocenters. The van der Waals surface area contributed by atoms with Crippen LogP contribution < -0.4 is 0 Å². The smallest absolute Gasteiger partial charge is 0.225 e. The summed E-state index contributed by atoms with van der Waals surface area (Å²) in [4.78, 5) is 11.9. The van der Waals surface area contributed by atoms with Crippen molar-refractivity contribution in [1.29, 1.82) is 0 Å². The Balaban J connectivity index is 1.88. The van der Waals surface area contributed by atoms with Crippen molar-refractivity contribution in [3.63, 3.8) is 0 Å². The lowest BCUT2D eigenvalue weighted by Gasteiger charge is -2.14. The minimum atomic E-state index is -0.267. The lowest BCUT2D eigenvalue weighted by molar-refractivity contribution is -0.115. The van der Waals surface area contributed by atoms with E-state index in [0.29, 0.717) is 12.8 Å². The van der Waals surface area contributed by atoms with E-state index in [-0.39, 0.29) is 11.2 Å². The van der Waals surface area contributed by atoms with Crippen molar-refractivity contribution < 1.29 is 4.79 Å². The summed E-state index contributed by atoms with van der Waals surface area (Å²) in [6.07, 6.45) is 1.34. The van der Waals surface area contributed by atoms with Gasteiger partial charge >= 0.3 is 0 Å². The molecule has 2 heteroatoms. The molecule has 0 N–H and O–H groups in total. The number of benzene rings is 3. The zero-order valence-electron chi connectivity index (χ0n) is 12.2. The molecular weight excluding hydrogens is 292 g/mol. The molecule has 110 valence electrons. The zero-order chi connectivity index (χ0) is 15.4. The molecule has 3 aromatic carbocycles. The number of rotatable bonds is 5. The third-order valence-electron chi connectivity index (χ3n) is 3.99. The van der Waals surface area contributed by atoms with Crippen molar-refractivity contribution in [2.24, 2.45) is 5.92 Å². The van der Waals surface area contributed by atoms with Gasteiger partial charge in [-0.25, -0.2) is 0 Å². The van der Waals surface area contributed by atoms with E-state index in [2.05, 4.69) is 24.3 Å². The summed E-state index contributed by atoms with van der Waals surface area (Å²) in [5.41, 5.74) is 2.31. The second kappa shape index (κ2) is 6.76. The van der Waals surface area contributed by atoms with Gasteiger partial charge in [0.1, 0.15) is 0 Å². The summed E-state index contributed by atoms with van der Waals surface area (Å²) in [5.74, 6) is -0.199. The lowest BCUT2D eigenvalue weighted by atomic mass is 9.91. The van der Waals surface area contributed by atoms with Gasteiger partial charge in [-0.1, -0.05) is 72.8 Å². The Morgan fingerprint density at radius 3 is 2.27 bits per heavy atom. The number of hydrogen-bond acceptors (Lipinski definition) is 1. The van der Waals surface area contributed by atoms with Crippen LogP contribution in [-0.2, 0) is 17.6 Å². The molecule has 3 rings (SSSR count). The van der Waals surface area contributed by atoms with Crippen molar-refractivity contribution in [2.45, 2.75) is 12.8 Å². The van der Waals surface area contributed by atoms with Crippen LogP contribution in [0.5, 0.6) is 0 Å². The van der Waals surface area contributed by atoms with E-state index in [0.717, 1.165) is 5.56 Å². The Bertz CT molecular complexity index is 775. The number of hydrogen-bond donors (Lipinski definition) is 0. The van der Waals surface area contributed by atoms with Crippen molar-refractivity contribution >= 4 is 27.6 Å². The highest BCUT2D eigenvalue weighted by atomic mass is 35.5. The van der Waals surface area contributed by atoms with Crippen molar-refractivity contribution in [2.75, 3.05) is 0 Å². The highest BCUT2D eigenvalue weighted by molar-refractivity contribution is 6.64. The fraction of sp³-hybridized carbons (Fsp3) is 0.150. The summed E-state index contributed by atoms with van der Waals surface area (Å²) >= 11 is 5.86. The second-order valence-corrected chi connectivity index (χ2v) is 5.91. The van der Waals surface area contributed by atoms with Crippen LogP contribution in [-0.4, -0.2) is 5.24 Å². The molecule has 22 heavy (non-hydrogen) atoms.